The zero-order valence-electron chi connectivity index (χ0n) is 9.21. The Morgan fingerprint density at radius 2 is 1.69 bits per heavy atom. The van der Waals surface area contributed by atoms with Gasteiger partial charge in [-0.15, -0.1) is 0 Å². The van der Waals surface area contributed by atoms with Crippen molar-refractivity contribution in [2.45, 2.75) is 12.3 Å². The Bertz CT molecular complexity index is 411. The minimum atomic E-state index is 0.392. The fourth-order valence-corrected chi connectivity index (χ4v) is 1.87. The normalized spacial score (nSPS) is 12.3. The summed E-state index contributed by atoms with van der Waals surface area (Å²) >= 11 is 0. The summed E-state index contributed by atoms with van der Waals surface area (Å²) in [5, 5.41) is 0. The molecule has 0 aliphatic rings. The third-order valence-electron chi connectivity index (χ3n) is 2.79. The average Bonchev–Trinajstić information content (AvgIpc) is 2.38. The smallest absolute Gasteiger partial charge is 0.0270 e. The van der Waals surface area contributed by atoms with E-state index < -0.39 is 0 Å². The van der Waals surface area contributed by atoms with Gasteiger partial charge in [-0.05, 0) is 36.2 Å². The molecule has 16 heavy (non-hydrogen) atoms. The van der Waals surface area contributed by atoms with E-state index in [1.807, 2.05) is 30.6 Å². The summed E-state index contributed by atoms with van der Waals surface area (Å²) in [4.78, 5) is 4.02. The molecule has 2 nitrogen and oxygen atoms in total. The van der Waals surface area contributed by atoms with Gasteiger partial charge in [-0.1, -0.05) is 30.3 Å². The summed E-state index contributed by atoms with van der Waals surface area (Å²) < 4.78 is 0. The fourth-order valence-electron chi connectivity index (χ4n) is 1.87. The molecule has 1 atom stereocenters. The largest absolute Gasteiger partial charge is 0.330 e. The number of pyridine rings is 1. The third kappa shape index (κ3) is 2.67. The van der Waals surface area contributed by atoms with Crippen LogP contribution in [0.2, 0.25) is 0 Å². The average molecular weight is 212 g/mol. The van der Waals surface area contributed by atoms with Crippen LogP contribution in [-0.2, 0) is 6.42 Å². The van der Waals surface area contributed by atoms with Crippen LogP contribution < -0.4 is 5.73 Å². The maximum atomic E-state index is 5.84. The summed E-state index contributed by atoms with van der Waals surface area (Å²) in [6.45, 7) is 0.673. The molecule has 0 fully saturated rings. The van der Waals surface area contributed by atoms with E-state index in [1.165, 1.54) is 11.1 Å². The zero-order valence-corrected chi connectivity index (χ0v) is 9.21. The van der Waals surface area contributed by atoms with Crippen LogP contribution in [0.4, 0.5) is 0 Å². The van der Waals surface area contributed by atoms with Crippen LogP contribution in [0.1, 0.15) is 17.0 Å². The van der Waals surface area contributed by atoms with Gasteiger partial charge in [-0.2, -0.15) is 0 Å². The first-order valence-electron chi connectivity index (χ1n) is 5.54. The maximum absolute atomic E-state index is 5.84. The van der Waals surface area contributed by atoms with Crippen molar-refractivity contribution in [1.82, 2.24) is 4.98 Å². The number of benzene rings is 1. The van der Waals surface area contributed by atoms with E-state index in [1.54, 1.807) is 0 Å². The van der Waals surface area contributed by atoms with E-state index in [0.29, 0.717) is 12.5 Å². The van der Waals surface area contributed by atoms with Gasteiger partial charge in [0, 0.05) is 18.3 Å². The van der Waals surface area contributed by atoms with Gasteiger partial charge in [0.2, 0.25) is 0 Å². The lowest BCUT2D eigenvalue weighted by Gasteiger charge is -2.14. The Labute approximate surface area is 96.1 Å². The summed E-state index contributed by atoms with van der Waals surface area (Å²) in [7, 11) is 0. The Hall–Kier alpha value is -1.67. The van der Waals surface area contributed by atoms with Crippen molar-refractivity contribution in [2.24, 2.45) is 5.73 Å². The van der Waals surface area contributed by atoms with E-state index >= 15 is 0 Å². The molecule has 0 aliphatic carbocycles. The number of rotatable bonds is 4. The second kappa shape index (κ2) is 5.42. The molecule has 82 valence electrons. The number of hydrogen-bond donors (Lipinski definition) is 1. The van der Waals surface area contributed by atoms with Crippen molar-refractivity contribution in [3.05, 3.63) is 66.0 Å². The predicted molar refractivity (Wildman–Crippen MR) is 66.2 cm³/mol. The van der Waals surface area contributed by atoms with Gasteiger partial charge in [0.15, 0.2) is 0 Å². The van der Waals surface area contributed by atoms with Crippen LogP contribution in [0, 0.1) is 0 Å². The molecule has 0 saturated heterocycles. The quantitative estimate of drug-likeness (QED) is 0.845. The first-order chi connectivity index (χ1) is 7.90. The first kappa shape index (κ1) is 10.8. The lowest BCUT2D eigenvalue weighted by molar-refractivity contribution is 0.694. The van der Waals surface area contributed by atoms with Crippen molar-refractivity contribution >= 4 is 0 Å². The molecule has 1 aromatic carbocycles. The maximum Gasteiger partial charge on any atom is 0.0270 e. The summed E-state index contributed by atoms with van der Waals surface area (Å²) in [5.41, 5.74) is 8.43. The number of aromatic nitrogens is 1. The highest BCUT2D eigenvalue weighted by atomic mass is 14.6. The van der Waals surface area contributed by atoms with Gasteiger partial charge < -0.3 is 5.73 Å². The molecule has 2 N–H and O–H groups in total. The van der Waals surface area contributed by atoms with Gasteiger partial charge in [0.25, 0.3) is 0 Å². The Morgan fingerprint density at radius 3 is 2.31 bits per heavy atom. The van der Waals surface area contributed by atoms with E-state index in [0.717, 1.165) is 6.42 Å². The lowest BCUT2D eigenvalue weighted by Crippen LogP contribution is -2.14. The number of hydrogen-bond acceptors (Lipinski definition) is 2. The highest BCUT2D eigenvalue weighted by Crippen LogP contribution is 2.19. The molecule has 0 aliphatic heterocycles. The summed E-state index contributed by atoms with van der Waals surface area (Å²) in [6.07, 6.45) is 4.63. The topological polar surface area (TPSA) is 38.9 Å². The first-order valence-corrected chi connectivity index (χ1v) is 5.54. The van der Waals surface area contributed by atoms with Crippen LogP contribution in [0.5, 0.6) is 0 Å². The summed E-state index contributed by atoms with van der Waals surface area (Å²) in [5.74, 6) is 0.392. The highest BCUT2D eigenvalue weighted by Gasteiger charge is 2.09. The Balaban J connectivity index is 2.13. The molecule has 2 rings (SSSR count). The molecule has 2 heteroatoms. The molecular weight excluding hydrogens is 196 g/mol. The van der Waals surface area contributed by atoms with Crippen LogP contribution >= 0.6 is 0 Å². The molecule has 1 unspecified atom stereocenters. The van der Waals surface area contributed by atoms with Gasteiger partial charge in [-0.3, -0.25) is 4.98 Å². The third-order valence-corrected chi connectivity index (χ3v) is 2.79. The Kier molecular flexibility index (Phi) is 3.67. The molecule has 0 amide bonds. The Morgan fingerprint density at radius 1 is 1.00 bits per heavy atom. The second-order valence-corrected chi connectivity index (χ2v) is 3.90. The van der Waals surface area contributed by atoms with E-state index in [2.05, 4.69) is 29.2 Å². The molecule has 0 spiro atoms. The van der Waals surface area contributed by atoms with Crippen molar-refractivity contribution in [1.29, 1.82) is 0 Å². The van der Waals surface area contributed by atoms with Crippen LogP contribution in [-0.4, -0.2) is 11.5 Å². The van der Waals surface area contributed by atoms with Crippen molar-refractivity contribution in [2.75, 3.05) is 6.54 Å². The molecule has 1 heterocycles. The van der Waals surface area contributed by atoms with Crippen LogP contribution in [0.15, 0.2) is 54.9 Å². The van der Waals surface area contributed by atoms with E-state index in [-0.39, 0.29) is 0 Å². The van der Waals surface area contributed by atoms with Crippen molar-refractivity contribution in [3.8, 4) is 0 Å². The summed E-state index contributed by atoms with van der Waals surface area (Å²) in [6, 6.07) is 14.5. The number of nitrogens with zero attached hydrogens (tertiary/aromatic N) is 1. The molecule has 1 aromatic heterocycles. The van der Waals surface area contributed by atoms with Crippen LogP contribution in [0.25, 0.3) is 0 Å². The van der Waals surface area contributed by atoms with Crippen molar-refractivity contribution < 1.29 is 0 Å². The molecule has 0 radical (unpaired) electrons. The van der Waals surface area contributed by atoms with Gasteiger partial charge >= 0.3 is 0 Å². The van der Waals surface area contributed by atoms with E-state index in [9.17, 15) is 0 Å². The van der Waals surface area contributed by atoms with E-state index in [4.69, 9.17) is 5.73 Å². The predicted octanol–water partition coefficient (Wildman–Crippen LogP) is 2.37. The highest BCUT2D eigenvalue weighted by molar-refractivity contribution is 5.23. The monoisotopic (exact) mass is 212 g/mol. The standard InChI is InChI=1S/C14H16N2/c15-11-14(13-4-2-1-3-5-13)10-12-6-8-16-9-7-12/h1-9,14H,10-11,15H2. The minimum Gasteiger partial charge on any atom is -0.330 e. The van der Waals surface area contributed by atoms with Crippen LogP contribution in [0.3, 0.4) is 0 Å². The zero-order chi connectivity index (χ0) is 11.2. The second-order valence-electron chi connectivity index (χ2n) is 3.90. The molecule has 2 aromatic rings. The van der Waals surface area contributed by atoms with Gasteiger partial charge in [-0.25, -0.2) is 0 Å². The molecular formula is C14H16N2. The SMILES string of the molecule is NCC(Cc1ccncc1)c1ccccc1. The van der Waals surface area contributed by atoms with Gasteiger partial charge in [0.1, 0.15) is 0 Å². The fraction of sp³-hybridized carbons (Fsp3) is 0.214. The van der Waals surface area contributed by atoms with Crippen molar-refractivity contribution in [3.63, 3.8) is 0 Å². The van der Waals surface area contributed by atoms with Gasteiger partial charge in [0.05, 0.1) is 0 Å². The number of nitrogens with two attached hydrogens (primary N) is 1. The molecule has 0 bridgehead atoms. The minimum absolute atomic E-state index is 0.392. The molecule has 0 saturated carbocycles. The lowest BCUT2D eigenvalue weighted by atomic mass is 9.92.